The van der Waals surface area contributed by atoms with Crippen LogP contribution in [-0.2, 0) is 9.53 Å². The van der Waals surface area contributed by atoms with Crippen molar-refractivity contribution >= 4 is 23.6 Å². The molecule has 0 N–H and O–H groups in total. The Kier molecular flexibility index (Phi) is 3.65. The first-order valence-corrected chi connectivity index (χ1v) is 4.40. The molecule has 0 aliphatic carbocycles. The van der Waals surface area contributed by atoms with Crippen LogP contribution < -0.4 is 0 Å². The standard InChI is InChI=1S/C10H10ClNO2/c1-7-3-4-8(10(11)12-7)5-6-9(13)14-2/h3-6H,1-2H3. The van der Waals surface area contributed by atoms with Crippen molar-refractivity contribution in [1.29, 1.82) is 0 Å². The highest BCUT2D eigenvalue weighted by Crippen LogP contribution is 2.14. The minimum Gasteiger partial charge on any atom is -0.466 e. The summed E-state index contributed by atoms with van der Waals surface area (Å²) in [7, 11) is 1.32. The summed E-state index contributed by atoms with van der Waals surface area (Å²) < 4.78 is 4.45. The maximum Gasteiger partial charge on any atom is 0.330 e. The summed E-state index contributed by atoms with van der Waals surface area (Å²) in [6.07, 6.45) is 2.87. The van der Waals surface area contributed by atoms with E-state index in [1.807, 2.05) is 13.0 Å². The Morgan fingerprint density at radius 3 is 2.86 bits per heavy atom. The van der Waals surface area contributed by atoms with Gasteiger partial charge in [-0.25, -0.2) is 9.78 Å². The second kappa shape index (κ2) is 4.77. The smallest absolute Gasteiger partial charge is 0.330 e. The molecule has 1 rings (SSSR count). The Labute approximate surface area is 87.4 Å². The van der Waals surface area contributed by atoms with E-state index >= 15 is 0 Å². The van der Waals surface area contributed by atoms with Crippen LogP contribution in [0.1, 0.15) is 11.3 Å². The monoisotopic (exact) mass is 211 g/mol. The highest BCUT2D eigenvalue weighted by Gasteiger charge is 1.99. The number of methoxy groups -OCH3 is 1. The Morgan fingerprint density at radius 2 is 2.29 bits per heavy atom. The first kappa shape index (κ1) is 10.7. The van der Waals surface area contributed by atoms with Gasteiger partial charge in [0.25, 0.3) is 0 Å². The molecule has 0 bridgehead atoms. The fourth-order valence-corrected chi connectivity index (χ4v) is 1.15. The SMILES string of the molecule is COC(=O)C=Cc1ccc(C)nc1Cl. The van der Waals surface area contributed by atoms with Gasteiger partial charge in [0.2, 0.25) is 0 Å². The molecule has 0 radical (unpaired) electrons. The molecule has 0 aromatic carbocycles. The summed E-state index contributed by atoms with van der Waals surface area (Å²) in [4.78, 5) is 14.8. The number of aromatic nitrogens is 1. The number of aryl methyl sites for hydroxylation is 1. The minimum atomic E-state index is -0.415. The molecule has 0 unspecified atom stereocenters. The third-order valence-electron chi connectivity index (χ3n) is 1.62. The first-order valence-electron chi connectivity index (χ1n) is 4.02. The number of hydrogen-bond donors (Lipinski definition) is 0. The number of pyridine rings is 1. The number of rotatable bonds is 2. The largest absolute Gasteiger partial charge is 0.466 e. The van der Waals surface area contributed by atoms with Crippen molar-refractivity contribution in [3.05, 3.63) is 34.6 Å². The normalized spacial score (nSPS) is 10.5. The lowest BCUT2D eigenvalue weighted by atomic mass is 10.2. The maximum absolute atomic E-state index is 10.8. The van der Waals surface area contributed by atoms with Crippen LogP contribution in [0.15, 0.2) is 18.2 Å². The fourth-order valence-electron chi connectivity index (χ4n) is 0.886. The van der Waals surface area contributed by atoms with Crippen LogP contribution in [0.2, 0.25) is 5.15 Å². The summed E-state index contributed by atoms with van der Waals surface area (Å²) in [5, 5.41) is 0.380. The van der Waals surface area contributed by atoms with Crippen molar-refractivity contribution in [2.45, 2.75) is 6.92 Å². The van der Waals surface area contributed by atoms with E-state index in [9.17, 15) is 4.79 Å². The summed E-state index contributed by atoms with van der Waals surface area (Å²) in [5.41, 5.74) is 1.54. The van der Waals surface area contributed by atoms with Gasteiger partial charge >= 0.3 is 5.97 Å². The number of halogens is 1. The number of nitrogens with zero attached hydrogens (tertiary/aromatic N) is 1. The molecule has 0 saturated heterocycles. The van der Waals surface area contributed by atoms with E-state index in [1.165, 1.54) is 13.2 Å². The van der Waals surface area contributed by atoms with Gasteiger partial charge in [0.1, 0.15) is 5.15 Å². The molecule has 0 fully saturated rings. The Balaban J connectivity index is 2.87. The topological polar surface area (TPSA) is 39.2 Å². The molecule has 0 saturated carbocycles. The fraction of sp³-hybridized carbons (Fsp3) is 0.200. The average molecular weight is 212 g/mol. The number of carbonyl (C=O) groups is 1. The number of esters is 1. The lowest BCUT2D eigenvalue weighted by molar-refractivity contribution is -0.134. The number of carbonyl (C=O) groups excluding carboxylic acids is 1. The second-order valence-corrected chi connectivity index (χ2v) is 3.05. The lowest BCUT2D eigenvalue weighted by Gasteiger charge is -1.98. The summed E-state index contributed by atoms with van der Waals surface area (Å²) in [6.45, 7) is 1.85. The summed E-state index contributed by atoms with van der Waals surface area (Å²) in [6, 6.07) is 3.62. The van der Waals surface area contributed by atoms with E-state index in [0.717, 1.165) is 5.69 Å². The van der Waals surface area contributed by atoms with Gasteiger partial charge < -0.3 is 4.74 Å². The van der Waals surface area contributed by atoms with Crippen LogP contribution in [0, 0.1) is 6.92 Å². The van der Waals surface area contributed by atoms with E-state index in [4.69, 9.17) is 11.6 Å². The molecule has 3 nitrogen and oxygen atoms in total. The second-order valence-electron chi connectivity index (χ2n) is 2.69. The van der Waals surface area contributed by atoms with Crippen LogP contribution in [0.4, 0.5) is 0 Å². The molecule has 74 valence electrons. The van der Waals surface area contributed by atoms with Gasteiger partial charge in [0, 0.05) is 17.3 Å². The van der Waals surface area contributed by atoms with Crippen LogP contribution in [0.3, 0.4) is 0 Å². The van der Waals surface area contributed by atoms with Crippen molar-refractivity contribution in [3.8, 4) is 0 Å². The van der Waals surface area contributed by atoms with Crippen LogP contribution in [0.25, 0.3) is 6.08 Å². The van der Waals surface area contributed by atoms with Crippen molar-refractivity contribution in [2.24, 2.45) is 0 Å². The predicted molar refractivity (Wildman–Crippen MR) is 55.0 cm³/mol. The highest BCUT2D eigenvalue weighted by molar-refractivity contribution is 6.30. The van der Waals surface area contributed by atoms with Crippen LogP contribution >= 0.6 is 11.6 Å². The van der Waals surface area contributed by atoms with Gasteiger partial charge in [-0.05, 0) is 19.1 Å². The first-order chi connectivity index (χ1) is 6.63. The molecule has 4 heteroatoms. The van der Waals surface area contributed by atoms with Gasteiger partial charge in [0.15, 0.2) is 0 Å². The molecule has 0 amide bonds. The van der Waals surface area contributed by atoms with Gasteiger partial charge in [-0.3, -0.25) is 0 Å². The van der Waals surface area contributed by atoms with Gasteiger partial charge in [-0.15, -0.1) is 0 Å². The molecular formula is C10H10ClNO2. The highest BCUT2D eigenvalue weighted by atomic mass is 35.5. The number of ether oxygens (including phenoxy) is 1. The Morgan fingerprint density at radius 1 is 1.57 bits per heavy atom. The summed E-state index contributed by atoms with van der Waals surface area (Å²) >= 11 is 5.84. The zero-order chi connectivity index (χ0) is 10.6. The Hall–Kier alpha value is -1.35. The minimum absolute atomic E-state index is 0.380. The molecule has 1 aromatic rings. The van der Waals surface area contributed by atoms with E-state index in [-0.39, 0.29) is 0 Å². The van der Waals surface area contributed by atoms with Gasteiger partial charge in [0.05, 0.1) is 7.11 Å². The third-order valence-corrected chi connectivity index (χ3v) is 1.92. The van der Waals surface area contributed by atoms with Crippen molar-refractivity contribution in [2.75, 3.05) is 7.11 Å². The molecule has 1 heterocycles. The molecule has 0 aliphatic rings. The van der Waals surface area contributed by atoms with Crippen molar-refractivity contribution in [1.82, 2.24) is 4.98 Å². The molecular weight excluding hydrogens is 202 g/mol. The van der Waals surface area contributed by atoms with E-state index in [1.54, 1.807) is 12.1 Å². The lowest BCUT2D eigenvalue weighted by Crippen LogP contribution is -1.93. The van der Waals surface area contributed by atoms with Crippen molar-refractivity contribution in [3.63, 3.8) is 0 Å². The molecule has 1 aromatic heterocycles. The zero-order valence-electron chi connectivity index (χ0n) is 7.95. The number of hydrogen-bond acceptors (Lipinski definition) is 3. The molecule has 0 atom stereocenters. The van der Waals surface area contributed by atoms with E-state index in [2.05, 4.69) is 9.72 Å². The summed E-state index contributed by atoms with van der Waals surface area (Å²) in [5.74, 6) is -0.415. The van der Waals surface area contributed by atoms with Crippen LogP contribution in [-0.4, -0.2) is 18.1 Å². The van der Waals surface area contributed by atoms with Crippen molar-refractivity contribution < 1.29 is 9.53 Å². The maximum atomic E-state index is 10.8. The Bertz CT molecular complexity index is 374. The van der Waals surface area contributed by atoms with Gasteiger partial charge in [-0.1, -0.05) is 17.7 Å². The molecule has 0 aliphatic heterocycles. The predicted octanol–water partition coefficient (Wildman–Crippen LogP) is 2.23. The molecule has 0 spiro atoms. The third kappa shape index (κ3) is 2.85. The van der Waals surface area contributed by atoms with Crippen LogP contribution in [0.5, 0.6) is 0 Å². The van der Waals surface area contributed by atoms with Gasteiger partial charge in [-0.2, -0.15) is 0 Å². The quantitative estimate of drug-likeness (QED) is 0.428. The average Bonchev–Trinajstić information content (AvgIpc) is 2.16. The zero-order valence-corrected chi connectivity index (χ0v) is 8.71. The van der Waals surface area contributed by atoms with E-state index in [0.29, 0.717) is 10.7 Å². The molecule has 14 heavy (non-hydrogen) atoms. The van der Waals surface area contributed by atoms with E-state index < -0.39 is 5.97 Å².